The number of unbranched alkanes of at least 4 members (excludes halogenated alkanes) is 35. The molecule has 0 heterocycles. The van der Waals surface area contributed by atoms with Crippen molar-refractivity contribution in [1.29, 1.82) is 0 Å². The molecule has 16 nitrogen and oxygen atoms in total. The number of rotatable bonds is 92. The summed E-state index contributed by atoms with van der Waals surface area (Å²) in [5.74, 6) is -1.58. The van der Waals surface area contributed by atoms with Gasteiger partial charge in [0.2, 0.25) is 0 Å². The van der Waals surface area contributed by atoms with Gasteiger partial charge in [-0.1, -0.05) is 414 Å². The molecule has 0 rings (SSSR count). The van der Waals surface area contributed by atoms with Gasteiger partial charge >= 0.3 is 33.6 Å². The molecular weight excluding hydrogens is 1600 g/mol. The fourth-order valence-electron chi connectivity index (χ4n) is 13.1. The summed E-state index contributed by atoms with van der Waals surface area (Å²) in [5, 5.41) is 20.8. The van der Waals surface area contributed by atoms with Crippen molar-refractivity contribution in [3.8, 4) is 0 Å². The van der Waals surface area contributed by atoms with E-state index in [1.807, 2.05) is 0 Å². The second-order valence-electron chi connectivity index (χ2n) is 32.4. The van der Waals surface area contributed by atoms with E-state index in [1.165, 1.54) is 141 Å². The lowest BCUT2D eigenvalue weighted by atomic mass is 10.0. The first-order valence-corrected chi connectivity index (χ1v) is 52.4. The second kappa shape index (κ2) is 97.2. The van der Waals surface area contributed by atoms with Gasteiger partial charge in [-0.25, -0.2) is 9.13 Å². The van der Waals surface area contributed by atoms with Crippen LogP contribution in [-0.2, 0) is 55.8 Å². The molecule has 5 unspecified atom stereocenters. The smallest absolute Gasteiger partial charge is 0.463 e. The summed E-state index contributed by atoms with van der Waals surface area (Å²) in [6.45, 7) is 2.38. The quantitative estimate of drug-likeness (QED) is 0.0146. The molecule has 0 aromatic carbocycles. The van der Waals surface area contributed by atoms with Crippen LogP contribution in [0, 0.1) is 0 Å². The third-order valence-corrected chi connectivity index (χ3v) is 22.4. The van der Waals surface area contributed by atoms with Crippen LogP contribution in [0.4, 0.5) is 0 Å². The molecule has 125 heavy (non-hydrogen) atoms. The maximum Gasteiger partial charge on any atom is 0.472 e. The first kappa shape index (κ1) is 119. The fraction of sp³-hybridized carbons (Fsp3) is 0.654. The van der Waals surface area contributed by atoms with E-state index in [-0.39, 0.29) is 19.3 Å². The van der Waals surface area contributed by atoms with E-state index in [0.717, 1.165) is 193 Å². The standard InChI is InChI=1S/C107H178O16P2/c1-4-7-10-13-16-19-22-25-28-31-34-37-40-43-46-49-50-53-55-57-60-63-66-69-72-75-78-81-84-87-90-93-105(110)117-96-102(108)97-119-124(113,114)120-98-103(109)99-121-125(115,116)122-101-104(123-107(112)95-92-89-86-83-80-77-74-71-68-65-62-59-56-52-48-45-42-39-36-33-30-27-24-21-18-15-12-9-6-3)100-118-106(111)94-91-88-85-82-79-76-73-70-67-64-61-58-54-51-47-44-41-38-35-32-29-26-23-20-17-14-11-8-5-2/h7-12,16-21,25-30,34-39,43-48,54,56,58-59,102-104,108-109H,4-6,13-15,22-24,31-33,40-42,49-53,55,57,60-101H2,1-3H3,(H,113,114)(H,115,116)/b10-7-,11-8-,12-9-,19-16-,20-17-,21-18-,28-25-,29-26-,30-27-,37-34-,38-35-,39-36-,46-43-,47-44-,48-45-,58-54-,59-56-. The van der Waals surface area contributed by atoms with Crippen LogP contribution in [0.1, 0.15) is 393 Å². The van der Waals surface area contributed by atoms with Crippen molar-refractivity contribution in [3.05, 3.63) is 207 Å². The highest BCUT2D eigenvalue weighted by atomic mass is 31.2. The maximum absolute atomic E-state index is 13.1. The number of allylic oxidation sites excluding steroid dienone is 34. The Morgan fingerprint density at radius 3 is 0.632 bits per heavy atom. The zero-order valence-electron chi connectivity index (χ0n) is 78.7. The Kier molecular flexibility index (Phi) is 92.6. The Morgan fingerprint density at radius 2 is 0.400 bits per heavy atom. The normalized spacial score (nSPS) is 14.6. The van der Waals surface area contributed by atoms with E-state index < -0.39 is 91.5 Å². The summed E-state index contributed by atoms with van der Waals surface area (Å²) >= 11 is 0. The second-order valence-corrected chi connectivity index (χ2v) is 35.3. The van der Waals surface area contributed by atoms with Gasteiger partial charge in [0.15, 0.2) is 6.10 Å². The zero-order chi connectivity index (χ0) is 90.7. The Labute approximate surface area is 762 Å². The molecule has 0 aliphatic carbocycles. The SMILES string of the molecule is CC/C=C\C/C=C\C/C=C\C/C=C\C/C=C\C/C=C\CCCCCCCCCCCCC(=O)OCC(COP(=O)(O)OCC(O)COP(=O)(O)OCC(O)COC(=O)CCCCCCCCCCCCCCCCC/C=C\C/C=C\C/C=C\C/C=C\C/C=C\CC)OC(=O)CCCCCCCCCCCC/C=C\C/C=C\C/C=C\C/C=C\C/C=C\C/C=C\CC. The Hall–Kier alpha value is -5.87. The van der Waals surface area contributed by atoms with E-state index in [4.69, 9.17) is 32.3 Å². The van der Waals surface area contributed by atoms with E-state index in [1.54, 1.807) is 0 Å². The van der Waals surface area contributed by atoms with Crippen molar-refractivity contribution in [1.82, 2.24) is 0 Å². The highest BCUT2D eigenvalue weighted by Gasteiger charge is 2.30. The van der Waals surface area contributed by atoms with Crippen LogP contribution in [-0.4, -0.2) is 95.9 Å². The molecule has 0 bridgehead atoms. The van der Waals surface area contributed by atoms with Crippen molar-refractivity contribution < 1.29 is 75.8 Å². The van der Waals surface area contributed by atoms with E-state index >= 15 is 0 Å². The molecule has 0 radical (unpaired) electrons. The number of hydrogen-bond acceptors (Lipinski definition) is 14. The van der Waals surface area contributed by atoms with Crippen molar-refractivity contribution in [2.75, 3.05) is 39.6 Å². The number of ether oxygens (including phenoxy) is 3. The largest absolute Gasteiger partial charge is 0.472 e. The molecule has 4 N–H and O–H groups in total. The van der Waals surface area contributed by atoms with Crippen LogP contribution in [0.3, 0.4) is 0 Å². The van der Waals surface area contributed by atoms with Gasteiger partial charge in [0.25, 0.3) is 0 Å². The number of carbonyl (C=O) groups is 3. The van der Waals surface area contributed by atoms with Crippen LogP contribution in [0.5, 0.6) is 0 Å². The lowest BCUT2D eigenvalue weighted by molar-refractivity contribution is -0.161. The van der Waals surface area contributed by atoms with Gasteiger partial charge in [-0.3, -0.25) is 32.5 Å². The minimum Gasteiger partial charge on any atom is -0.463 e. The number of phosphoric ester groups is 2. The van der Waals surface area contributed by atoms with Gasteiger partial charge in [0.1, 0.15) is 25.4 Å². The molecule has 0 aliphatic rings. The van der Waals surface area contributed by atoms with Gasteiger partial charge in [-0.2, -0.15) is 0 Å². The topological polar surface area (TPSA) is 231 Å². The van der Waals surface area contributed by atoms with E-state index in [0.29, 0.717) is 19.3 Å². The predicted molar refractivity (Wildman–Crippen MR) is 527 cm³/mol. The number of esters is 3. The van der Waals surface area contributed by atoms with Crippen LogP contribution in [0.2, 0.25) is 0 Å². The molecule has 0 aliphatic heterocycles. The van der Waals surface area contributed by atoms with Crippen molar-refractivity contribution >= 4 is 33.6 Å². The first-order chi connectivity index (χ1) is 61.2. The average molecular weight is 1780 g/mol. The van der Waals surface area contributed by atoms with Gasteiger partial charge in [-0.05, 0) is 167 Å². The Bertz CT molecular complexity index is 3100. The monoisotopic (exact) mass is 1780 g/mol. The highest BCUT2D eigenvalue weighted by Crippen LogP contribution is 2.45. The Morgan fingerprint density at radius 1 is 0.224 bits per heavy atom. The fourth-order valence-corrected chi connectivity index (χ4v) is 14.7. The van der Waals surface area contributed by atoms with Crippen molar-refractivity contribution in [2.24, 2.45) is 0 Å². The zero-order valence-corrected chi connectivity index (χ0v) is 80.5. The highest BCUT2D eigenvalue weighted by molar-refractivity contribution is 7.47. The number of aliphatic hydroxyl groups excluding tert-OH is 2. The summed E-state index contributed by atoms with van der Waals surface area (Å²) in [4.78, 5) is 59.2. The minimum atomic E-state index is -4.95. The molecule has 0 aromatic rings. The molecular formula is C107H178O16P2. The lowest BCUT2D eigenvalue weighted by Crippen LogP contribution is -2.30. The van der Waals surface area contributed by atoms with Crippen molar-refractivity contribution in [2.45, 2.75) is 411 Å². The summed E-state index contributed by atoms with van der Waals surface area (Å²) < 4.78 is 61.6. The van der Waals surface area contributed by atoms with Crippen LogP contribution in [0.15, 0.2) is 207 Å². The van der Waals surface area contributed by atoms with Crippen LogP contribution >= 0.6 is 15.6 Å². The average Bonchev–Trinajstić information content (AvgIpc) is 0.897. The molecule has 0 saturated carbocycles. The molecule has 0 fully saturated rings. The molecule has 0 saturated heterocycles. The van der Waals surface area contributed by atoms with Gasteiger partial charge < -0.3 is 34.2 Å². The van der Waals surface area contributed by atoms with Crippen LogP contribution < -0.4 is 0 Å². The molecule has 18 heteroatoms. The maximum atomic E-state index is 13.1. The summed E-state index contributed by atoms with van der Waals surface area (Å²) in [6.07, 6.45) is 132. The Balaban J connectivity index is 4.67. The predicted octanol–water partition coefficient (Wildman–Crippen LogP) is 31.1. The molecule has 5 atom stereocenters. The number of phosphoric acid groups is 2. The molecule has 0 aromatic heterocycles. The van der Waals surface area contributed by atoms with Crippen LogP contribution in [0.25, 0.3) is 0 Å². The number of hydrogen-bond donors (Lipinski definition) is 4. The van der Waals surface area contributed by atoms with Gasteiger partial charge in [0.05, 0.1) is 26.4 Å². The molecule has 0 amide bonds. The van der Waals surface area contributed by atoms with E-state index in [9.17, 15) is 43.5 Å². The molecule has 712 valence electrons. The summed E-state index contributed by atoms with van der Waals surface area (Å²) in [5.41, 5.74) is 0. The summed E-state index contributed by atoms with van der Waals surface area (Å²) in [6, 6.07) is 0. The third-order valence-electron chi connectivity index (χ3n) is 20.5. The first-order valence-electron chi connectivity index (χ1n) is 49.4. The van der Waals surface area contributed by atoms with Crippen molar-refractivity contribution in [3.63, 3.8) is 0 Å². The van der Waals surface area contributed by atoms with Gasteiger partial charge in [-0.15, -0.1) is 0 Å². The lowest BCUT2D eigenvalue weighted by Gasteiger charge is -2.21. The summed E-state index contributed by atoms with van der Waals surface area (Å²) in [7, 11) is -9.83. The third kappa shape index (κ3) is 98.6. The minimum absolute atomic E-state index is 0.0909. The molecule has 0 spiro atoms. The number of aliphatic hydroxyl groups is 2. The van der Waals surface area contributed by atoms with Gasteiger partial charge in [0, 0.05) is 19.3 Å². The number of carbonyl (C=O) groups excluding carboxylic acids is 3. The van der Waals surface area contributed by atoms with E-state index in [2.05, 4.69) is 227 Å².